The van der Waals surface area contributed by atoms with Gasteiger partial charge in [-0.05, 0) is 56.0 Å². The largest absolute Gasteiger partial charge is 0.495 e. The van der Waals surface area contributed by atoms with Gasteiger partial charge in [-0.3, -0.25) is 4.79 Å². The number of hydrogen-bond acceptors (Lipinski definition) is 5. The molecule has 0 fully saturated rings. The number of pyridine rings is 1. The smallest absolute Gasteiger partial charge is 0.237 e. The highest BCUT2D eigenvalue weighted by Gasteiger charge is 2.21. The fourth-order valence-electron chi connectivity index (χ4n) is 2.83. The van der Waals surface area contributed by atoms with E-state index in [1.54, 1.807) is 25.1 Å². The van der Waals surface area contributed by atoms with Crippen LogP contribution in [0.4, 0.5) is 5.69 Å². The first-order valence-corrected chi connectivity index (χ1v) is 9.51. The van der Waals surface area contributed by atoms with E-state index in [0.717, 1.165) is 30.5 Å². The van der Waals surface area contributed by atoms with Crippen molar-refractivity contribution < 1.29 is 9.53 Å². The number of aryl methyl sites for hydroxylation is 2. The number of carbonyl (C=O) groups excluding carboxylic acids is 1. The van der Waals surface area contributed by atoms with Crippen LogP contribution < -0.4 is 10.1 Å². The van der Waals surface area contributed by atoms with Crippen LogP contribution in [0, 0.1) is 11.3 Å². The molecule has 134 valence electrons. The van der Waals surface area contributed by atoms with Gasteiger partial charge in [-0.2, -0.15) is 5.26 Å². The van der Waals surface area contributed by atoms with E-state index < -0.39 is 5.25 Å². The number of methoxy groups -OCH3 is 1. The van der Waals surface area contributed by atoms with Crippen LogP contribution in [0.25, 0.3) is 0 Å². The van der Waals surface area contributed by atoms with Gasteiger partial charge in [0.1, 0.15) is 16.8 Å². The van der Waals surface area contributed by atoms with Gasteiger partial charge in [0.25, 0.3) is 0 Å². The number of ether oxygens (including phenoxy) is 1. The molecule has 0 bridgehead atoms. The third-order valence-electron chi connectivity index (χ3n) is 4.21. The molecule has 0 radical (unpaired) electrons. The molecule has 26 heavy (non-hydrogen) atoms. The summed E-state index contributed by atoms with van der Waals surface area (Å²) in [6, 6.07) is 9.17. The lowest BCUT2D eigenvalue weighted by Crippen LogP contribution is -2.22. The summed E-state index contributed by atoms with van der Waals surface area (Å²) in [5.74, 6) is 0.371. The van der Waals surface area contributed by atoms with Crippen molar-refractivity contribution in [2.45, 2.75) is 36.5 Å². The maximum Gasteiger partial charge on any atom is 0.237 e. The third kappa shape index (κ3) is 3.95. The number of thioether (sulfide) groups is 1. The molecule has 1 amide bonds. The number of nitrogens with one attached hydrogen (secondary N) is 1. The van der Waals surface area contributed by atoms with Crippen LogP contribution in [0.5, 0.6) is 5.75 Å². The van der Waals surface area contributed by atoms with E-state index in [9.17, 15) is 10.1 Å². The van der Waals surface area contributed by atoms with Crippen molar-refractivity contribution in [1.29, 1.82) is 5.26 Å². The van der Waals surface area contributed by atoms with Gasteiger partial charge < -0.3 is 10.1 Å². The maximum atomic E-state index is 12.5. The van der Waals surface area contributed by atoms with Crippen molar-refractivity contribution in [1.82, 2.24) is 4.98 Å². The van der Waals surface area contributed by atoms with E-state index in [0.29, 0.717) is 27.0 Å². The van der Waals surface area contributed by atoms with E-state index in [4.69, 9.17) is 16.3 Å². The zero-order valence-corrected chi connectivity index (χ0v) is 16.1. The van der Waals surface area contributed by atoms with Crippen LogP contribution in [0.2, 0.25) is 5.02 Å². The number of halogens is 1. The topological polar surface area (TPSA) is 75.0 Å². The summed E-state index contributed by atoms with van der Waals surface area (Å²) in [4.78, 5) is 17.1. The fourth-order valence-corrected chi connectivity index (χ4v) is 3.98. The third-order valence-corrected chi connectivity index (χ3v) is 5.61. The molecular weight excluding hydrogens is 370 g/mol. The number of carbonyl (C=O) groups is 1. The zero-order chi connectivity index (χ0) is 18.7. The summed E-state index contributed by atoms with van der Waals surface area (Å²) in [7, 11) is 1.54. The number of rotatable bonds is 5. The Morgan fingerprint density at radius 2 is 2.23 bits per heavy atom. The molecule has 0 spiro atoms. The van der Waals surface area contributed by atoms with Gasteiger partial charge in [0.15, 0.2) is 0 Å². The summed E-state index contributed by atoms with van der Waals surface area (Å²) in [6.45, 7) is 1.79. The Bertz CT molecular complexity index is 895. The number of nitrogens with zero attached hydrogens (tertiary/aromatic N) is 2. The second-order valence-electron chi connectivity index (χ2n) is 6.01. The maximum absolute atomic E-state index is 12.5. The summed E-state index contributed by atoms with van der Waals surface area (Å²) in [5, 5.41) is 12.9. The fraction of sp³-hybridized carbons (Fsp3) is 0.316. The normalized spacial score (nSPS) is 13.6. The Morgan fingerprint density at radius 3 is 2.92 bits per heavy atom. The van der Waals surface area contributed by atoms with E-state index in [1.165, 1.54) is 18.9 Å². The van der Waals surface area contributed by atoms with E-state index in [-0.39, 0.29) is 5.91 Å². The van der Waals surface area contributed by atoms with Crippen LogP contribution in [0.15, 0.2) is 29.3 Å². The number of aromatic nitrogens is 1. The molecule has 1 unspecified atom stereocenters. The zero-order valence-electron chi connectivity index (χ0n) is 14.5. The summed E-state index contributed by atoms with van der Waals surface area (Å²) in [5.41, 5.74) is 3.32. The minimum absolute atomic E-state index is 0.178. The van der Waals surface area contributed by atoms with Gasteiger partial charge in [0.2, 0.25) is 5.91 Å². The van der Waals surface area contributed by atoms with Gasteiger partial charge >= 0.3 is 0 Å². The second kappa shape index (κ2) is 7.98. The Labute approximate surface area is 161 Å². The first kappa shape index (κ1) is 18.6. The predicted octanol–water partition coefficient (Wildman–Crippen LogP) is 4.22. The molecule has 0 aliphatic heterocycles. The van der Waals surface area contributed by atoms with Gasteiger partial charge in [-0.25, -0.2) is 4.98 Å². The highest BCUT2D eigenvalue weighted by molar-refractivity contribution is 8.00. The lowest BCUT2D eigenvalue weighted by atomic mass is 10.2. The highest BCUT2D eigenvalue weighted by atomic mass is 35.5. The van der Waals surface area contributed by atoms with Crippen LogP contribution in [0.1, 0.15) is 30.2 Å². The average Bonchev–Trinajstić information content (AvgIpc) is 3.08. The quantitative estimate of drug-likeness (QED) is 0.777. The molecule has 1 aliphatic carbocycles. The van der Waals surface area contributed by atoms with Crippen LogP contribution >= 0.6 is 23.4 Å². The Morgan fingerprint density at radius 1 is 1.42 bits per heavy atom. The van der Waals surface area contributed by atoms with Crippen LogP contribution in [-0.4, -0.2) is 23.3 Å². The first-order chi connectivity index (χ1) is 12.5. The highest BCUT2D eigenvalue weighted by Crippen LogP contribution is 2.31. The molecule has 1 atom stereocenters. The standard InChI is InChI=1S/C19H18ClN3O2S/c1-11(18(24)22-14-6-7-17(25-2)15(20)9-14)26-19-13(10-21)8-12-4-3-5-16(12)23-19/h6-9,11H,3-5H2,1-2H3,(H,22,24). The van der Waals surface area contributed by atoms with Gasteiger partial charge in [0.05, 0.1) is 22.9 Å². The molecule has 1 aromatic heterocycles. The molecule has 0 saturated carbocycles. The van der Waals surface area contributed by atoms with Gasteiger partial charge in [-0.1, -0.05) is 23.4 Å². The molecule has 5 nitrogen and oxygen atoms in total. The summed E-state index contributed by atoms with van der Waals surface area (Å²) in [6.07, 6.45) is 2.96. The number of fused-ring (bicyclic) bond motifs is 1. The average molecular weight is 388 g/mol. The molecule has 7 heteroatoms. The van der Waals surface area contributed by atoms with Crippen molar-refractivity contribution in [3.63, 3.8) is 0 Å². The van der Waals surface area contributed by atoms with E-state index in [2.05, 4.69) is 16.4 Å². The van der Waals surface area contributed by atoms with Crippen LogP contribution in [0.3, 0.4) is 0 Å². The first-order valence-electron chi connectivity index (χ1n) is 8.25. The van der Waals surface area contributed by atoms with Gasteiger partial charge in [0, 0.05) is 11.4 Å². The Hall–Kier alpha value is -2.23. The van der Waals surface area contributed by atoms with Crippen molar-refractivity contribution in [3.05, 3.63) is 46.1 Å². The van der Waals surface area contributed by atoms with Gasteiger partial charge in [-0.15, -0.1) is 0 Å². The number of benzene rings is 1. The molecule has 1 aromatic carbocycles. The van der Waals surface area contributed by atoms with Crippen molar-refractivity contribution >= 4 is 35.0 Å². The minimum atomic E-state index is -0.407. The number of amides is 1. The molecule has 3 rings (SSSR count). The minimum Gasteiger partial charge on any atom is -0.495 e. The van der Waals surface area contributed by atoms with Crippen molar-refractivity contribution in [2.75, 3.05) is 12.4 Å². The number of nitriles is 1. The van der Waals surface area contributed by atoms with E-state index in [1.807, 2.05) is 6.07 Å². The van der Waals surface area contributed by atoms with Crippen LogP contribution in [-0.2, 0) is 17.6 Å². The second-order valence-corrected chi connectivity index (χ2v) is 7.75. The van der Waals surface area contributed by atoms with Crippen molar-refractivity contribution in [2.24, 2.45) is 0 Å². The molecule has 1 heterocycles. The SMILES string of the molecule is COc1ccc(NC(=O)C(C)Sc2nc3c(cc2C#N)CCC3)cc1Cl. The Kier molecular flexibility index (Phi) is 5.70. The van der Waals surface area contributed by atoms with Crippen molar-refractivity contribution in [3.8, 4) is 11.8 Å². The lowest BCUT2D eigenvalue weighted by Gasteiger charge is -2.14. The molecule has 1 N–H and O–H groups in total. The van der Waals surface area contributed by atoms with E-state index >= 15 is 0 Å². The Balaban J connectivity index is 1.72. The summed E-state index contributed by atoms with van der Waals surface area (Å²) < 4.78 is 5.11. The lowest BCUT2D eigenvalue weighted by molar-refractivity contribution is -0.115. The summed E-state index contributed by atoms with van der Waals surface area (Å²) >= 11 is 7.39. The number of hydrogen-bond donors (Lipinski definition) is 1. The molecule has 1 aliphatic rings. The molecule has 2 aromatic rings. The predicted molar refractivity (Wildman–Crippen MR) is 103 cm³/mol. The molecular formula is C19H18ClN3O2S. The monoisotopic (exact) mass is 387 g/mol. The number of anilines is 1. The molecule has 0 saturated heterocycles.